The molecular weight excluding hydrogens is 270 g/mol. The van der Waals surface area contributed by atoms with Crippen molar-refractivity contribution in [3.63, 3.8) is 0 Å². The first-order valence-corrected chi connectivity index (χ1v) is 8.58. The average Bonchev–Trinajstić information content (AvgIpc) is 2.93. The maximum atomic E-state index is 6.36. The lowest BCUT2D eigenvalue weighted by Gasteiger charge is -2.39. The Kier molecular flexibility index (Phi) is 4.54. The maximum absolute atomic E-state index is 6.36. The molecule has 2 N–H and O–H groups in total. The predicted octanol–water partition coefficient (Wildman–Crippen LogP) is 2.70. The first kappa shape index (κ1) is 14.2. The van der Waals surface area contributed by atoms with E-state index in [9.17, 15) is 0 Å². The highest BCUT2D eigenvalue weighted by Crippen LogP contribution is 2.41. The van der Waals surface area contributed by atoms with Gasteiger partial charge in [0.2, 0.25) is 0 Å². The Morgan fingerprint density at radius 1 is 1.40 bits per heavy atom. The molecule has 3 rings (SSSR count). The second-order valence-electron chi connectivity index (χ2n) is 5.87. The van der Waals surface area contributed by atoms with Crippen molar-refractivity contribution in [3.05, 3.63) is 30.3 Å². The maximum Gasteiger partial charge on any atom is 0.119 e. The molecule has 0 radical (unpaired) electrons. The van der Waals surface area contributed by atoms with Gasteiger partial charge in [-0.25, -0.2) is 0 Å². The number of hydrogen-bond acceptors (Lipinski definition) is 4. The number of nitrogens with two attached hydrogens (primary N) is 1. The highest BCUT2D eigenvalue weighted by molar-refractivity contribution is 7.99. The fourth-order valence-corrected chi connectivity index (χ4v) is 4.52. The fraction of sp³-hybridized carbons (Fsp3) is 0.625. The Balaban J connectivity index is 1.53. The van der Waals surface area contributed by atoms with Gasteiger partial charge in [0.1, 0.15) is 12.4 Å². The molecule has 4 heteroatoms. The van der Waals surface area contributed by atoms with Crippen molar-refractivity contribution in [1.29, 1.82) is 0 Å². The van der Waals surface area contributed by atoms with Gasteiger partial charge in [0.15, 0.2) is 0 Å². The van der Waals surface area contributed by atoms with E-state index in [0.717, 1.165) is 31.0 Å². The zero-order valence-corrected chi connectivity index (χ0v) is 12.6. The quantitative estimate of drug-likeness (QED) is 0.927. The molecule has 0 aromatic heterocycles. The summed E-state index contributed by atoms with van der Waals surface area (Å²) in [6.45, 7) is 1.45. The Morgan fingerprint density at radius 2 is 2.25 bits per heavy atom. The van der Waals surface area contributed by atoms with E-state index in [0.29, 0.717) is 12.5 Å². The summed E-state index contributed by atoms with van der Waals surface area (Å²) in [5.74, 6) is 3.78. The van der Waals surface area contributed by atoms with Gasteiger partial charge in [-0.2, -0.15) is 11.8 Å². The van der Waals surface area contributed by atoms with Gasteiger partial charge in [0.05, 0.1) is 5.60 Å². The minimum absolute atomic E-state index is 0.0987. The first-order valence-electron chi connectivity index (χ1n) is 7.43. The molecule has 0 aliphatic carbocycles. The van der Waals surface area contributed by atoms with Crippen LogP contribution >= 0.6 is 11.8 Å². The molecule has 20 heavy (non-hydrogen) atoms. The molecule has 2 aliphatic rings. The number of benzene rings is 1. The summed E-state index contributed by atoms with van der Waals surface area (Å²) >= 11 is 2.01. The van der Waals surface area contributed by atoms with Crippen molar-refractivity contribution >= 4 is 11.8 Å². The van der Waals surface area contributed by atoms with E-state index in [-0.39, 0.29) is 11.6 Å². The molecule has 0 saturated carbocycles. The van der Waals surface area contributed by atoms with E-state index in [1.54, 1.807) is 0 Å². The van der Waals surface area contributed by atoms with Crippen LogP contribution < -0.4 is 10.5 Å². The number of ether oxygens (including phenoxy) is 2. The van der Waals surface area contributed by atoms with Crippen LogP contribution in [0.25, 0.3) is 0 Å². The van der Waals surface area contributed by atoms with E-state index >= 15 is 0 Å². The summed E-state index contributed by atoms with van der Waals surface area (Å²) in [5.41, 5.74) is 6.47. The summed E-state index contributed by atoms with van der Waals surface area (Å²) in [6.07, 6.45) is 3.34. The lowest BCUT2D eigenvalue weighted by atomic mass is 9.82. The Labute approximate surface area is 125 Å². The summed E-state index contributed by atoms with van der Waals surface area (Å²) in [6, 6.07) is 10.0. The van der Waals surface area contributed by atoms with Crippen molar-refractivity contribution in [2.24, 2.45) is 11.7 Å². The molecule has 3 nitrogen and oxygen atoms in total. The van der Waals surface area contributed by atoms with Crippen LogP contribution in [0.5, 0.6) is 5.75 Å². The molecule has 3 unspecified atom stereocenters. The monoisotopic (exact) mass is 293 g/mol. The number of hydrogen-bond donors (Lipinski definition) is 1. The Morgan fingerprint density at radius 3 is 3.00 bits per heavy atom. The van der Waals surface area contributed by atoms with E-state index in [2.05, 4.69) is 0 Å². The summed E-state index contributed by atoms with van der Waals surface area (Å²) < 4.78 is 11.9. The van der Waals surface area contributed by atoms with Gasteiger partial charge < -0.3 is 15.2 Å². The number of thioether (sulfide) groups is 1. The third kappa shape index (κ3) is 3.30. The predicted molar refractivity (Wildman–Crippen MR) is 83.3 cm³/mol. The largest absolute Gasteiger partial charge is 0.492 e. The van der Waals surface area contributed by atoms with Crippen LogP contribution in [0.4, 0.5) is 0 Å². The van der Waals surface area contributed by atoms with Crippen molar-refractivity contribution in [2.75, 3.05) is 24.7 Å². The van der Waals surface area contributed by atoms with Crippen molar-refractivity contribution in [2.45, 2.75) is 30.9 Å². The highest BCUT2D eigenvalue weighted by Gasteiger charge is 2.41. The molecule has 0 bridgehead atoms. The lowest BCUT2D eigenvalue weighted by Crippen LogP contribution is -2.47. The van der Waals surface area contributed by atoms with Gasteiger partial charge in [0.25, 0.3) is 0 Å². The van der Waals surface area contributed by atoms with Crippen molar-refractivity contribution in [1.82, 2.24) is 0 Å². The average molecular weight is 293 g/mol. The van der Waals surface area contributed by atoms with Gasteiger partial charge in [-0.15, -0.1) is 0 Å². The van der Waals surface area contributed by atoms with E-state index < -0.39 is 0 Å². The summed E-state index contributed by atoms with van der Waals surface area (Å²) in [7, 11) is 0. The molecule has 1 aromatic rings. The summed E-state index contributed by atoms with van der Waals surface area (Å²) in [4.78, 5) is 0. The molecule has 110 valence electrons. The van der Waals surface area contributed by atoms with Gasteiger partial charge in [-0.1, -0.05) is 18.2 Å². The van der Waals surface area contributed by atoms with Crippen LogP contribution in [0.1, 0.15) is 19.3 Å². The molecular formula is C16H23NO2S. The number of para-hydroxylation sites is 1. The van der Waals surface area contributed by atoms with E-state index in [1.807, 2.05) is 42.1 Å². The lowest BCUT2D eigenvalue weighted by molar-refractivity contribution is -0.0848. The number of rotatable bonds is 4. The second kappa shape index (κ2) is 6.37. The third-order valence-electron chi connectivity index (χ3n) is 4.39. The molecule has 2 fully saturated rings. The van der Waals surface area contributed by atoms with Crippen LogP contribution in [0.15, 0.2) is 30.3 Å². The van der Waals surface area contributed by atoms with Gasteiger partial charge in [0, 0.05) is 18.4 Å². The molecule has 0 amide bonds. The van der Waals surface area contributed by atoms with Crippen LogP contribution in [0.2, 0.25) is 0 Å². The Hall–Kier alpha value is -0.710. The van der Waals surface area contributed by atoms with Crippen LogP contribution in [0, 0.1) is 5.92 Å². The Bertz CT molecular complexity index is 420. The van der Waals surface area contributed by atoms with Crippen molar-refractivity contribution < 1.29 is 9.47 Å². The van der Waals surface area contributed by atoms with Crippen LogP contribution in [0.3, 0.4) is 0 Å². The van der Waals surface area contributed by atoms with E-state index in [1.165, 1.54) is 12.2 Å². The molecule has 3 atom stereocenters. The molecule has 1 aromatic carbocycles. The minimum atomic E-state index is 0.0987. The van der Waals surface area contributed by atoms with Crippen LogP contribution in [-0.2, 0) is 4.74 Å². The first-order chi connectivity index (χ1) is 9.77. The fourth-order valence-electron chi connectivity index (χ4n) is 3.14. The SMILES string of the molecule is NC(COc1ccccc1)C1CCOC2(CCSC2)C1. The van der Waals surface area contributed by atoms with Crippen LogP contribution in [-0.4, -0.2) is 36.4 Å². The van der Waals surface area contributed by atoms with Gasteiger partial charge in [-0.05, 0) is 43.1 Å². The normalized spacial score (nSPS) is 31.4. The van der Waals surface area contributed by atoms with Gasteiger partial charge in [-0.3, -0.25) is 0 Å². The second-order valence-corrected chi connectivity index (χ2v) is 6.98. The topological polar surface area (TPSA) is 44.5 Å². The molecule has 1 spiro atoms. The molecule has 2 saturated heterocycles. The highest BCUT2D eigenvalue weighted by atomic mass is 32.2. The third-order valence-corrected chi connectivity index (χ3v) is 5.61. The molecule has 2 heterocycles. The molecule has 2 aliphatic heterocycles. The zero-order valence-electron chi connectivity index (χ0n) is 11.8. The summed E-state index contributed by atoms with van der Waals surface area (Å²) in [5, 5.41) is 0. The van der Waals surface area contributed by atoms with Gasteiger partial charge >= 0.3 is 0 Å². The standard InChI is InChI=1S/C16H23NO2S/c17-15(11-18-14-4-2-1-3-5-14)13-6-8-19-16(10-13)7-9-20-12-16/h1-5,13,15H,6-12,17H2. The zero-order chi connectivity index (χ0) is 13.8. The van der Waals surface area contributed by atoms with E-state index in [4.69, 9.17) is 15.2 Å². The minimum Gasteiger partial charge on any atom is -0.492 e. The smallest absolute Gasteiger partial charge is 0.119 e. The van der Waals surface area contributed by atoms with Crippen molar-refractivity contribution in [3.8, 4) is 5.75 Å².